The number of halogens is 3. The molecule has 1 aromatic carbocycles. The third-order valence-corrected chi connectivity index (χ3v) is 4.55. The maximum Gasteiger partial charge on any atom is 0.132 e. The summed E-state index contributed by atoms with van der Waals surface area (Å²) in [6, 6.07) is 3.37. The van der Waals surface area contributed by atoms with Gasteiger partial charge in [0.15, 0.2) is 0 Å². The minimum atomic E-state index is -0.145. The van der Waals surface area contributed by atoms with E-state index < -0.39 is 0 Å². The van der Waals surface area contributed by atoms with Crippen LogP contribution in [0.4, 0.5) is 4.39 Å². The van der Waals surface area contributed by atoms with Crippen LogP contribution in [0.3, 0.4) is 0 Å². The lowest BCUT2D eigenvalue weighted by atomic mass is 10.2. The lowest BCUT2D eigenvalue weighted by Crippen LogP contribution is -1.84. The first kappa shape index (κ1) is 9.62. The predicted molar refractivity (Wildman–Crippen MR) is 62.1 cm³/mol. The quantitative estimate of drug-likeness (QED) is 0.667. The molecule has 0 fully saturated rings. The Morgan fingerprint density at radius 3 is 2.92 bits per heavy atom. The van der Waals surface area contributed by atoms with Gasteiger partial charge in [-0.15, -0.1) is 11.3 Å². The van der Waals surface area contributed by atoms with Gasteiger partial charge in [0.2, 0.25) is 0 Å². The van der Waals surface area contributed by atoms with E-state index in [4.69, 9.17) is 0 Å². The number of rotatable bonds is 1. The summed E-state index contributed by atoms with van der Waals surface area (Å²) in [5.74, 6) is -0.145. The van der Waals surface area contributed by atoms with Gasteiger partial charge in [0.05, 0.1) is 4.70 Å². The molecule has 0 unspecified atom stereocenters. The zero-order valence-electron chi connectivity index (χ0n) is 6.48. The summed E-state index contributed by atoms with van der Waals surface area (Å²) < 4.78 is 15.4. The number of alkyl halides is 1. The van der Waals surface area contributed by atoms with Crippen molar-refractivity contribution in [3.8, 4) is 0 Å². The van der Waals surface area contributed by atoms with Crippen molar-refractivity contribution in [1.29, 1.82) is 0 Å². The van der Waals surface area contributed by atoms with Crippen LogP contribution in [0.15, 0.2) is 22.0 Å². The lowest BCUT2D eigenvalue weighted by molar-refractivity contribution is 0.638. The molecular formula is C9H5Br2FS. The van der Waals surface area contributed by atoms with Crippen LogP contribution < -0.4 is 0 Å². The molecule has 4 heteroatoms. The van der Waals surface area contributed by atoms with Crippen LogP contribution in [0.25, 0.3) is 10.1 Å². The monoisotopic (exact) mass is 322 g/mol. The largest absolute Gasteiger partial charge is 0.206 e. The average Bonchev–Trinajstić information content (AvgIpc) is 2.60. The lowest BCUT2D eigenvalue weighted by Gasteiger charge is -2.02. The van der Waals surface area contributed by atoms with Gasteiger partial charge in [-0.1, -0.05) is 15.9 Å². The first-order valence-corrected chi connectivity index (χ1v) is 6.43. The number of fused-ring (bicyclic) bond motifs is 1. The molecule has 1 heterocycles. The number of thiophene rings is 1. The third-order valence-electron chi connectivity index (χ3n) is 1.85. The van der Waals surface area contributed by atoms with Gasteiger partial charge in [-0.25, -0.2) is 4.39 Å². The topological polar surface area (TPSA) is 0 Å². The summed E-state index contributed by atoms with van der Waals surface area (Å²) in [7, 11) is 0. The molecular weight excluding hydrogens is 319 g/mol. The molecule has 0 spiro atoms. The summed E-state index contributed by atoms with van der Waals surface area (Å²) in [5.41, 5.74) is 0.951. The van der Waals surface area contributed by atoms with E-state index in [1.807, 2.05) is 5.38 Å². The van der Waals surface area contributed by atoms with Crippen LogP contribution >= 0.6 is 43.2 Å². The predicted octanol–water partition coefficient (Wildman–Crippen LogP) is 4.70. The molecule has 2 aromatic rings. The average molecular weight is 324 g/mol. The van der Waals surface area contributed by atoms with Crippen molar-refractivity contribution in [2.45, 2.75) is 5.33 Å². The van der Waals surface area contributed by atoms with Crippen LogP contribution in [0.1, 0.15) is 5.56 Å². The Kier molecular flexibility index (Phi) is 2.72. The van der Waals surface area contributed by atoms with Crippen LogP contribution in [0, 0.1) is 5.82 Å². The van der Waals surface area contributed by atoms with Crippen LogP contribution in [0.5, 0.6) is 0 Å². The Balaban J connectivity index is 2.85. The Hall–Kier alpha value is 0.0700. The highest BCUT2D eigenvalue weighted by atomic mass is 79.9. The second-order valence-electron chi connectivity index (χ2n) is 2.63. The van der Waals surface area contributed by atoms with Gasteiger partial charge < -0.3 is 0 Å². The van der Waals surface area contributed by atoms with Crippen molar-refractivity contribution >= 4 is 53.3 Å². The van der Waals surface area contributed by atoms with Crippen molar-refractivity contribution in [1.82, 2.24) is 0 Å². The summed E-state index contributed by atoms with van der Waals surface area (Å²) >= 11 is 8.34. The standard InChI is InChI=1S/C9H5Br2FS/c10-4-5-3-7(12)6-1-2-13-9(6)8(5)11/h1-3H,4H2. The van der Waals surface area contributed by atoms with Gasteiger partial charge >= 0.3 is 0 Å². The molecule has 0 amide bonds. The van der Waals surface area contributed by atoms with Crippen molar-refractivity contribution in [3.05, 3.63) is 33.4 Å². The number of hydrogen-bond acceptors (Lipinski definition) is 1. The van der Waals surface area contributed by atoms with Crippen molar-refractivity contribution in [2.75, 3.05) is 0 Å². The van der Waals surface area contributed by atoms with E-state index in [1.165, 1.54) is 0 Å². The zero-order valence-corrected chi connectivity index (χ0v) is 10.5. The molecule has 0 nitrogen and oxygen atoms in total. The van der Waals surface area contributed by atoms with Gasteiger partial charge in [0.1, 0.15) is 5.82 Å². The molecule has 1 aromatic heterocycles. The van der Waals surface area contributed by atoms with Crippen molar-refractivity contribution in [2.24, 2.45) is 0 Å². The van der Waals surface area contributed by atoms with Gasteiger partial charge in [-0.2, -0.15) is 0 Å². The molecule has 13 heavy (non-hydrogen) atoms. The Morgan fingerprint density at radius 2 is 2.23 bits per heavy atom. The van der Waals surface area contributed by atoms with Crippen molar-refractivity contribution < 1.29 is 4.39 Å². The van der Waals surface area contributed by atoms with E-state index in [2.05, 4.69) is 31.9 Å². The smallest absolute Gasteiger partial charge is 0.132 e. The molecule has 0 bridgehead atoms. The molecule has 0 radical (unpaired) electrons. The summed E-state index contributed by atoms with van der Waals surface area (Å²) in [4.78, 5) is 0. The second kappa shape index (κ2) is 3.67. The maximum absolute atomic E-state index is 13.4. The van der Waals surface area contributed by atoms with E-state index in [0.717, 1.165) is 14.7 Å². The number of benzene rings is 1. The highest BCUT2D eigenvalue weighted by Gasteiger charge is 2.09. The molecule has 0 N–H and O–H groups in total. The zero-order chi connectivity index (χ0) is 9.42. The fraction of sp³-hybridized carbons (Fsp3) is 0.111. The second-order valence-corrected chi connectivity index (χ2v) is 4.90. The van der Waals surface area contributed by atoms with E-state index in [0.29, 0.717) is 10.7 Å². The van der Waals surface area contributed by atoms with E-state index in [-0.39, 0.29) is 5.82 Å². The molecule has 2 rings (SSSR count). The number of hydrogen-bond donors (Lipinski definition) is 0. The SMILES string of the molecule is Fc1cc(CBr)c(Br)c2sccc12. The molecule has 0 aliphatic rings. The summed E-state index contributed by atoms with van der Waals surface area (Å²) in [5, 5.41) is 3.26. The molecule has 0 aliphatic carbocycles. The minimum Gasteiger partial charge on any atom is -0.206 e. The Labute approximate surface area is 96.0 Å². The van der Waals surface area contributed by atoms with Crippen LogP contribution in [-0.4, -0.2) is 0 Å². The minimum absolute atomic E-state index is 0.145. The van der Waals surface area contributed by atoms with E-state index >= 15 is 0 Å². The van der Waals surface area contributed by atoms with Gasteiger partial charge in [0, 0.05) is 15.2 Å². The molecule has 0 aliphatic heterocycles. The molecule has 0 saturated carbocycles. The van der Waals surface area contributed by atoms with Gasteiger partial charge in [0.25, 0.3) is 0 Å². The summed E-state index contributed by atoms with van der Waals surface area (Å²) in [6.07, 6.45) is 0. The van der Waals surface area contributed by atoms with E-state index in [9.17, 15) is 4.39 Å². The Bertz CT molecular complexity index is 450. The first-order chi connectivity index (χ1) is 6.24. The van der Waals surface area contributed by atoms with Gasteiger partial charge in [-0.3, -0.25) is 0 Å². The Morgan fingerprint density at radius 1 is 1.46 bits per heavy atom. The molecule has 68 valence electrons. The van der Waals surface area contributed by atoms with Crippen LogP contribution in [-0.2, 0) is 5.33 Å². The van der Waals surface area contributed by atoms with Crippen molar-refractivity contribution in [3.63, 3.8) is 0 Å². The third kappa shape index (κ3) is 1.55. The fourth-order valence-electron chi connectivity index (χ4n) is 1.20. The normalized spacial score (nSPS) is 11.0. The highest BCUT2D eigenvalue weighted by Crippen LogP contribution is 2.34. The summed E-state index contributed by atoms with van der Waals surface area (Å²) in [6.45, 7) is 0. The molecule has 0 atom stereocenters. The van der Waals surface area contributed by atoms with Gasteiger partial charge in [-0.05, 0) is 39.0 Å². The fourth-order valence-corrected chi connectivity index (χ4v) is 3.64. The highest BCUT2D eigenvalue weighted by molar-refractivity contribution is 9.11. The first-order valence-electron chi connectivity index (χ1n) is 3.64. The van der Waals surface area contributed by atoms with E-state index in [1.54, 1.807) is 23.5 Å². The molecule has 0 saturated heterocycles. The maximum atomic E-state index is 13.4. The van der Waals surface area contributed by atoms with Crippen LogP contribution in [0.2, 0.25) is 0 Å².